The largest absolute Gasteiger partial charge is 0.342 e. The van der Waals surface area contributed by atoms with Gasteiger partial charge < -0.3 is 4.90 Å². The zero-order valence-electron chi connectivity index (χ0n) is 10.5. The molecule has 2 aliphatic rings. The quantitative estimate of drug-likeness (QED) is 0.753. The molecule has 0 aromatic heterocycles. The zero-order valence-corrected chi connectivity index (χ0v) is 11.4. The molecule has 0 bridgehead atoms. The first-order valence-corrected chi connectivity index (χ1v) is 6.97. The lowest BCUT2D eigenvalue weighted by atomic mass is 9.72. The predicted molar refractivity (Wildman–Crippen MR) is 69.6 cm³/mol. The van der Waals surface area contributed by atoms with Crippen LogP contribution in [-0.2, 0) is 4.79 Å². The summed E-state index contributed by atoms with van der Waals surface area (Å²) in [7, 11) is 0. The molecule has 1 amide bonds. The highest BCUT2D eigenvalue weighted by Crippen LogP contribution is 2.40. The third-order valence-corrected chi connectivity index (χ3v) is 4.79. The predicted octanol–water partition coefficient (Wildman–Crippen LogP) is 2.45. The summed E-state index contributed by atoms with van der Waals surface area (Å²) in [5, 5.41) is 0.448. The molecule has 0 aromatic carbocycles. The highest BCUT2D eigenvalue weighted by Gasteiger charge is 2.42. The third-order valence-electron chi connectivity index (χ3n) is 4.37. The maximum absolute atomic E-state index is 12.0. The molecule has 92 valence electrons. The van der Waals surface area contributed by atoms with Gasteiger partial charge in [0, 0.05) is 24.3 Å². The Morgan fingerprint density at radius 2 is 1.75 bits per heavy atom. The second kappa shape index (κ2) is 4.59. The summed E-state index contributed by atoms with van der Waals surface area (Å²) in [6.45, 7) is 8.61. The summed E-state index contributed by atoms with van der Waals surface area (Å²) < 4.78 is 0. The number of hydrogen-bond donors (Lipinski definition) is 1. The molecule has 16 heavy (non-hydrogen) atoms. The van der Waals surface area contributed by atoms with E-state index in [1.165, 1.54) is 0 Å². The van der Waals surface area contributed by atoms with Gasteiger partial charge in [0.25, 0.3) is 0 Å². The molecule has 1 heterocycles. The Bertz CT molecular complexity index is 239. The lowest BCUT2D eigenvalue weighted by Gasteiger charge is -2.46. The Hall–Kier alpha value is -0.180. The van der Waals surface area contributed by atoms with Crippen molar-refractivity contribution >= 4 is 18.5 Å². The summed E-state index contributed by atoms with van der Waals surface area (Å²) in [4.78, 5) is 14.1. The molecule has 2 fully saturated rings. The summed E-state index contributed by atoms with van der Waals surface area (Å²) in [5.41, 5.74) is 0. The van der Waals surface area contributed by atoms with Crippen LogP contribution in [0, 0.1) is 23.7 Å². The van der Waals surface area contributed by atoms with Crippen molar-refractivity contribution in [2.45, 2.75) is 38.9 Å². The number of carbonyl (C=O) groups excluding carboxylic acids is 1. The molecule has 1 aliphatic heterocycles. The molecular formula is C13H23NOS. The first-order chi connectivity index (χ1) is 7.49. The van der Waals surface area contributed by atoms with Gasteiger partial charge in [-0.25, -0.2) is 0 Å². The fourth-order valence-corrected chi connectivity index (χ4v) is 2.87. The van der Waals surface area contributed by atoms with Crippen LogP contribution in [0.3, 0.4) is 0 Å². The molecule has 3 heteroatoms. The van der Waals surface area contributed by atoms with Gasteiger partial charge in [-0.05, 0) is 30.6 Å². The first-order valence-electron chi connectivity index (χ1n) is 6.46. The van der Waals surface area contributed by atoms with Crippen LogP contribution in [0.15, 0.2) is 0 Å². The van der Waals surface area contributed by atoms with Crippen LogP contribution in [0.5, 0.6) is 0 Å². The van der Waals surface area contributed by atoms with Gasteiger partial charge in [-0.15, -0.1) is 0 Å². The van der Waals surface area contributed by atoms with Crippen LogP contribution in [-0.4, -0.2) is 29.1 Å². The minimum absolute atomic E-state index is 0.313. The number of nitrogens with zero attached hydrogens (tertiary/aromatic N) is 1. The maximum atomic E-state index is 12.0. The molecule has 1 unspecified atom stereocenters. The van der Waals surface area contributed by atoms with Gasteiger partial charge >= 0.3 is 0 Å². The van der Waals surface area contributed by atoms with E-state index in [2.05, 4.69) is 38.3 Å². The average molecular weight is 241 g/mol. The zero-order chi connectivity index (χ0) is 11.9. The van der Waals surface area contributed by atoms with E-state index in [1.807, 2.05) is 0 Å². The Labute approximate surface area is 104 Å². The van der Waals surface area contributed by atoms with Gasteiger partial charge in [0.1, 0.15) is 0 Å². The van der Waals surface area contributed by atoms with Crippen molar-refractivity contribution in [1.29, 1.82) is 0 Å². The van der Waals surface area contributed by atoms with E-state index in [1.54, 1.807) is 0 Å². The fourth-order valence-electron chi connectivity index (χ4n) is 2.63. The van der Waals surface area contributed by atoms with Crippen molar-refractivity contribution in [2.24, 2.45) is 23.7 Å². The van der Waals surface area contributed by atoms with E-state index in [4.69, 9.17) is 0 Å². The van der Waals surface area contributed by atoms with Gasteiger partial charge in [0.05, 0.1) is 0 Å². The number of amides is 1. The van der Waals surface area contributed by atoms with Gasteiger partial charge in [-0.1, -0.05) is 20.8 Å². The van der Waals surface area contributed by atoms with Gasteiger partial charge in [-0.2, -0.15) is 12.6 Å². The van der Waals surface area contributed by atoms with Gasteiger partial charge in [-0.3, -0.25) is 4.79 Å². The maximum Gasteiger partial charge on any atom is 0.225 e. The monoisotopic (exact) mass is 241 g/mol. The topological polar surface area (TPSA) is 20.3 Å². The minimum atomic E-state index is 0.313. The highest BCUT2D eigenvalue weighted by atomic mass is 32.1. The molecule has 2 nitrogen and oxygen atoms in total. The van der Waals surface area contributed by atoms with Crippen LogP contribution in [0.4, 0.5) is 0 Å². The Balaban J connectivity index is 1.72. The number of rotatable bonds is 3. The SMILES string of the molecule is CC(C)C1CN(C(=O)C2CC(C(C)S)C2)C1. The second-order valence-corrected chi connectivity index (χ2v) is 6.73. The van der Waals surface area contributed by atoms with E-state index in [-0.39, 0.29) is 0 Å². The third kappa shape index (κ3) is 2.24. The van der Waals surface area contributed by atoms with E-state index in [0.29, 0.717) is 23.0 Å². The Morgan fingerprint density at radius 3 is 2.19 bits per heavy atom. The minimum Gasteiger partial charge on any atom is -0.342 e. The number of carbonyl (C=O) groups is 1. The molecule has 2 rings (SSSR count). The van der Waals surface area contributed by atoms with Crippen molar-refractivity contribution in [3.63, 3.8) is 0 Å². The Morgan fingerprint density at radius 1 is 1.19 bits per heavy atom. The van der Waals surface area contributed by atoms with Crippen LogP contribution in [0.2, 0.25) is 0 Å². The van der Waals surface area contributed by atoms with E-state index < -0.39 is 0 Å². The molecule has 0 aromatic rings. The number of hydrogen-bond acceptors (Lipinski definition) is 2. The smallest absolute Gasteiger partial charge is 0.225 e. The number of likely N-dealkylation sites (tertiary alicyclic amines) is 1. The summed E-state index contributed by atoms with van der Waals surface area (Å²) in [6, 6.07) is 0. The number of thiol groups is 1. The standard InChI is InChI=1S/C13H23NOS/c1-8(2)12-6-14(7-12)13(15)11-4-10(5-11)9(3)16/h8-12,16H,4-7H2,1-3H3. The van der Waals surface area contributed by atoms with Crippen LogP contribution in [0.1, 0.15) is 33.6 Å². The molecule has 1 saturated heterocycles. The molecule has 0 radical (unpaired) electrons. The Kier molecular flexibility index (Phi) is 3.53. The van der Waals surface area contributed by atoms with Gasteiger partial charge in [0.15, 0.2) is 0 Å². The van der Waals surface area contributed by atoms with Crippen molar-refractivity contribution in [3.05, 3.63) is 0 Å². The van der Waals surface area contributed by atoms with E-state index in [0.717, 1.165) is 37.8 Å². The molecule has 1 aliphatic carbocycles. The van der Waals surface area contributed by atoms with Crippen molar-refractivity contribution in [3.8, 4) is 0 Å². The molecule has 1 saturated carbocycles. The average Bonchev–Trinajstić information content (AvgIpc) is 1.95. The second-order valence-electron chi connectivity index (χ2n) is 5.92. The van der Waals surface area contributed by atoms with Crippen LogP contribution in [0.25, 0.3) is 0 Å². The fraction of sp³-hybridized carbons (Fsp3) is 0.923. The lowest BCUT2D eigenvalue weighted by molar-refractivity contribution is -0.147. The summed E-state index contributed by atoms with van der Waals surface area (Å²) in [6.07, 6.45) is 2.12. The van der Waals surface area contributed by atoms with E-state index >= 15 is 0 Å². The normalized spacial score (nSPS) is 32.2. The molecule has 0 spiro atoms. The van der Waals surface area contributed by atoms with Gasteiger partial charge in [0.2, 0.25) is 5.91 Å². The van der Waals surface area contributed by atoms with Crippen LogP contribution >= 0.6 is 12.6 Å². The first kappa shape index (κ1) is 12.3. The van der Waals surface area contributed by atoms with E-state index in [9.17, 15) is 4.79 Å². The van der Waals surface area contributed by atoms with Crippen molar-refractivity contribution < 1.29 is 4.79 Å². The van der Waals surface area contributed by atoms with Crippen molar-refractivity contribution in [1.82, 2.24) is 4.90 Å². The molecular weight excluding hydrogens is 218 g/mol. The summed E-state index contributed by atoms with van der Waals surface area (Å²) in [5.74, 6) is 2.84. The molecule has 0 N–H and O–H groups in total. The van der Waals surface area contributed by atoms with Crippen molar-refractivity contribution in [2.75, 3.05) is 13.1 Å². The molecule has 1 atom stereocenters. The van der Waals surface area contributed by atoms with Crippen LogP contribution < -0.4 is 0 Å². The highest BCUT2D eigenvalue weighted by molar-refractivity contribution is 7.80. The lowest BCUT2D eigenvalue weighted by Crippen LogP contribution is -2.55. The summed E-state index contributed by atoms with van der Waals surface area (Å²) >= 11 is 4.44.